The van der Waals surface area contributed by atoms with Gasteiger partial charge in [0.25, 0.3) is 0 Å². The zero-order valence-corrected chi connectivity index (χ0v) is 10.8. The third kappa shape index (κ3) is 7.34. The maximum absolute atomic E-state index is 11.1. The fraction of sp³-hybridized carbons (Fsp3) is 0.667. The van der Waals surface area contributed by atoms with Crippen LogP contribution in [-0.2, 0) is 19.2 Å². The second-order valence-electron chi connectivity index (χ2n) is 4.46. The smallest absolute Gasteiger partial charge is 0.307 e. The molecular formula is C12H18O8. The average Bonchev–Trinajstić information content (AvgIpc) is 2.29. The van der Waals surface area contributed by atoms with Gasteiger partial charge in [-0.3, -0.25) is 19.2 Å². The van der Waals surface area contributed by atoms with E-state index in [2.05, 4.69) is 0 Å². The summed E-state index contributed by atoms with van der Waals surface area (Å²) in [5.74, 6) is -7.18. The van der Waals surface area contributed by atoms with E-state index in [0.717, 1.165) is 0 Å². The van der Waals surface area contributed by atoms with Gasteiger partial charge in [-0.05, 0) is 25.7 Å². The Morgan fingerprint density at radius 1 is 0.650 bits per heavy atom. The zero-order valence-electron chi connectivity index (χ0n) is 10.8. The van der Waals surface area contributed by atoms with Crippen molar-refractivity contribution in [2.45, 2.75) is 38.5 Å². The fourth-order valence-electron chi connectivity index (χ4n) is 1.94. The van der Waals surface area contributed by atoms with E-state index in [0.29, 0.717) is 0 Å². The summed E-state index contributed by atoms with van der Waals surface area (Å²) >= 11 is 0. The Morgan fingerprint density at radius 2 is 0.950 bits per heavy atom. The van der Waals surface area contributed by atoms with E-state index < -0.39 is 35.7 Å². The SMILES string of the molecule is O=C(O)CCCC(C(=O)O)C(CCCC(=O)O)C(=O)O. The summed E-state index contributed by atoms with van der Waals surface area (Å²) in [7, 11) is 0. The number of rotatable bonds is 11. The number of hydrogen-bond donors (Lipinski definition) is 4. The van der Waals surface area contributed by atoms with Gasteiger partial charge in [0.15, 0.2) is 0 Å². The molecule has 0 saturated carbocycles. The molecule has 20 heavy (non-hydrogen) atoms. The summed E-state index contributed by atoms with van der Waals surface area (Å²) in [4.78, 5) is 42.9. The molecule has 0 aromatic heterocycles. The number of carboxylic acid groups (broad SMARTS) is 4. The molecule has 0 radical (unpaired) electrons. The molecule has 8 nitrogen and oxygen atoms in total. The maximum Gasteiger partial charge on any atom is 0.307 e. The Kier molecular flexibility index (Phi) is 7.95. The highest BCUT2D eigenvalue weighted by Gasteiger charge is 2.33. The summed E-state index contributed by atoms with van der Waals surface area (Å²) in [6.07, 6.45) is -0.460. The number of carbonyl (C=O) groups is 4. The van der Waals surface area contributed by atoms with Crippen molar-refractivity contribution >= 4 is 23.9 Å². The third-order valence-electron chi connectivity index (χ3n) is 2.93. The molecule has 0 aromatic carbocycles. The second-order valence-corrected chi connectivity index (χ2v) is 4.46. The Bertz CT molecular complexity index is 340. The quantitative estimate of drug-likeness (QED) is 0.438. The normalized spacial score (nSPS) is 13.4. The first kappa shape index (κ1) is 17.9. The minimum absolute atomic E-state index is 0.0638. The van der Waals surface area contributed by atoms with Crippen LogP contribution in [0.4, 0.5) is 0 Å². The van der Waals surface area contributed by atoms with E-state index >= 15 is 0 Å². The van der Waals surface area contributed by atoms with Gasteiger partial charge in [-0.2, -0.15) is 0 Å². The molecule has 4 N–H and O–H groups in total. The first-order chi connectivity index (χ1) is 9.25. The van der Waals surface area contributed by atoms with Gasteiger partial charge in [-0.1, -0.05) is 0 Å². The minimum atomic E-state index is -1.31. The van der Waals surface area contributed by atoms with Gasteiger partial charge < -0.3 is 20.4 Å². The minimum Gasteiger partial charge on any atom is -0.481 e. The van der Waals surface area contributed by atoms with Gasteiger partial charge in [0.2, 0.25) is 0 Å². The molecule has 0 spiro atoms. The maximum atomic E-state index is 11.1. The first-order valence-electron chi connectivity index (χ1n) is 6.15. The number of aliphatic carboxylic acids is 4. The molecule has 8 heteroatoms. The van der Waals surface area contributed by atoms with Crippen molar-refractivity contribution in [3.8, 4) is 0 Å². The molecule has 114 valence electrons. The van der Waals surface area contributed by atoms with Gasteiger partial charge in [-0.25, -0.2) is 0 Å². The molecule has 0 aromatic rings. The largest absolute Gasteiger partial charge is 0.481 e. The van der Waals surface area contributed by atoms with Crippen molar-refractivity contribution in [2.75, 3.05) is 0 Å². The molecule has 2 unspecified atom stereocenters. The fourth-order valence-corrected chi connectivity index (χ4v) is 1.94. The third-order valence-corrected chi connectivity index (χ3v) is 2.93. The van der Waals surface area contributed by atoms with Gasteiger partial charge in [0.1, 0.15) is 0 Å². The lowest BCUT2D eigenvalue weighted by atomic mass is 9.84. The van der Waals surface area contributed by atoms with Gasteiger partial charge in [0, 0.05) is 12.8 Å². The van der Waals surface area contributed by atoms with E-state index in [1.54, 1.807) is 0 Å². The molecule has 0 rings (SSSR count). The molecule has 0 amide bonds. The standard InChI is InChI=1S/C12H18O8/c13-9(14)5-1-3-7(11(17)18)8(12(19)20)4-2-6-10(15)16/h7-8H,1-6H2,(H,13,14)(H,15,16)(H,17,18)(H,19,20). The predicted molar refractivity (Wildman–Crippen MR) is 65.2 cm³/mol. The summed E-state index contributed by atoms with van der Waals surface area (Å²) in [5, 5.41) is 35.1. The number of hydrogen-bond acceptors (Lipinski definition) is 4. The van der Waals surface area contributed by atoms with Crippen molar-refractivity contribution in [1.29, 1.82) is 0 Å². The molecule has 2 atom stereocenters. The van der Waals surface area contributed by atoms with Crippen molar-refractivity contribution in [3.05, 3.63) is 0 Å². The summed E-state index contributed by atoms with van der Waals surface area (Å²) in [6, 6.07) is 0. The predicted octanol–water partition coefficient (Wildman–Crippen LogP) is 0.898. The highest BCUT2D eigenvalue weighted by Crippen LogP contribution is 2.25. The van der Waals surface area contributed by atoms with Crippen LogP contribution in [0.15, 0.2) is 0 Å². The van der Waals surface area contributed by atoms with Crippen LogP contribution in [0, 0.1) is 11.8 Å². The van der Waals surface area contributed by atoms with Crippen molar-refractivity contribution in [3.63, 3.8) is 0 Å². The van der Waals surface area contributed by atoms with E-state index in [1.807, 2.05) is 0 Å². The summed E-state index contributed by atoms with van der Waals surface area (Å²) < 4.78 is 0. The second kappa shape index (κ2) is 8.89. The lowest BCUT2D eigenvalue weighted by Crippen LogP contribution is -2.30. The van der Waals surface area contributed by atoms with Gasteiger partial charge in [-0.15, -0.1) is 0 Å². The molecule has 0 aliphatic rings. The molecular weight excluding hydrogens is 272 g/mol. The van der Waals surface area contributed by atoms with Crippen LogP contribution in [0.5, 0.6) is 0 Å². The summed E-state index contributed by atoms with van der Waals surface area (Å²) in [6.45, 7) is 0. The van der Waals surface area contributed by atoms with Gasteiger partial charge in [0.05, 0.1) is 11.8 Å². The molecule has 0 heterocycles. The molecule has 0 aliphatic heterocycles. The van der Waals surface area contributed by atoms with Crippen molar-refractivity contribution < 1.29 is 39.6 Å². The van der Waals surface area contributed by atoms with E-state index in [1.165, 1.54) is 0 Å². The highest BCUT2D eigenvalue weighted by molar-refractivity contribution is 5.80. The lowest BCUT2D eigenvalue weighted by Gasteiger charge is -2.19. The molecule has 0 fully saturated rings. The Balaban J connectivity index is 4.60. The number of carboxylic acids is 4. The summed E-state index contributed by atoms with van der Waals surface area (Å²) in [5.41, 5.74) is 0. The van der Waals surface area contributed by atoms with Crippen LogP contribution in [-0.4, -0.2) is 44.3 Å². The van der Waals surface area contributed by atoms with Crippen LogP contribution < -0.4 is 0 Å². The van der Waals surface area contributed by atoms with Crippen LogP contribution >= 0.6 is 0 Å². The average molecular weight is 290 g/mol. The van der Waals surface area contributed by atoms with Crippen molar-refractivity contribution in [1.82, 2.24) is 0 Å². The Hall–Kier alpha value is -2.12. The van der Waals surface area contributed by atoms with Crippen LogP contribution in [0.3, 0.4) is 0 Å². The highest BCUT2D eigenvalue weighted by atomic mass is 16.4. The van der Waals surface area contributed by atoms with Crippen LogP contribution in [0.25, 0.3) is 0 Å². The Morgan fingerprint density at radius 3 is 1.15 bits per heavy atom. The van der Waals surface area contributed by atoms with Gasteiger partial charge >= 0.3 is 23.9 Å². The van der Waals surface area contributed by atoms with Crippen LogP contribution in [0.2, 0.25) is 0 Å². The van der Waals surface area contributed by atoms with E-state index in [9.17, 15) is 19.2 Å². The lowest BCUT2D eigenvalue weighted by molar-refractivity contribution is -0.154. The zero-order chi connectivity index (χ0) is 15.7. The van der Waals surface area contributed by atoms with E-state index in [-0.39, 0.29) is 38.5 Å². The van der Waals surface area contributed by atoms with Crippen molar-refractivity contribution in [2.24, 2.45) is 11.8 Å². The topological polar surface area (TPSA) is 149 Å². The first-order valence-corrected chi connectivity index (χ1v) is 6.15. The molecule has 0 bridgehead atoms. The Labute approximate surface area is 115 Å². The van der Waals surface area contributed by atoms with E-state index in [4.69, 9.17) is 20.4 Å². The molecule has 0 aliphatic carbocycles. The van der Waals surface area contributed by atoms with Crippen LogP contribution in [0.1, 0.15) is 38.5 Å². The molecule has 0 saturated heterocycles. The monoisotopic (exact) mass is 290 g/mol.